The normalized spacial score (nSPS) is 12.6. The Bertz CT molecular complexity index is 355. The van der Waals surface area contributed by atoms with Crippen LogP contribution in [0.15, 0.2) is 6.07 Å². The molecule has 0 saturated heterocycles. The molecule has 0 bridgehead atoms. The molecule has 1 atom stereocenters. The number of nitrogens with one attached hydrogen (secondary N) is 1. The smallest absolute Gasteiger partial charge is 0.0475 e. The maximum absolute atomic E-state index is 9.21. The number of rotatable bonds is 5. The SMILES string of the molecule is CCC(CO)CNc1c(C)c(C)cc(C)c1C. The molecule has 2 heteroatoms. The van der Waals surface area contributed by atoms with Gasteiger partial charge in [0.1, 0.15) is 0 Å². The van der Waals surface area contributed by atoms with Crippen LogP contribution in [0.2, 0.25) is 0 Å². The molecule has 2 nitrogen and oxygen atoms in total. The van der Waals surface area contributed by atoms with Crippen molar-refractivity contribution in [2.45, 2.75) is 41.0 Å². The largest absolute Gasteiger partial charge is 0.396 e. The molecule has 0 amide bonds. The predicted octanol–water partition coefficient (Wildman–Crippen LogP) is 3.35. The van der Waals surface area contributed by atoms with Gasteiger partial charge in [0.15, 0.2) is 0 Å². The zero-order valence-electron chi connectivity index (χ0n) is 11.7. The van der Waals surface area contributed by atoms with Crippen LogP contribution in [0.1, 0.15) is 35.6 Å². The summed E-state index contributed by atoms with van der Waals surface area (Å²) < 4.78 is 0. The van der Waals surface area contributed by atoms with Crippen LogP contribution in [0.4, 0.5) is 5.69 Å². The van der Waals surface area contributed by atoms with Gasteiger partial charge in [0, 0.05) is 18.8 Å². The van der Waals surface area contributed by atoms with Gasteiger partial charge in [0.25, 0.3) is 0 Å². The van der Waals surface area contributed by atoms with E-state index in [1.54, 1.807) is 0 Å². The molecular formula is C15H25NO. The molecule has 0 heterocycles. The van der Waals surface area contributed by atoms with Crippen LogP contribution in [0.25, 0.3) is 0 Å². The number of anilines is 1. The van der Waals surface area contributed by atoms with E-state index in [0.717, 1.165) is 13.0 Å². The molecule has 1 unspecified atom stereocenters. The van der Waals surface area contributed by atoms with Crippen molar-refractivity contribution >= 4 is 5.69 Å². The summed E-state index contributed by atoms with van der Waals surface area (Å²) in [5.74, 6) is 0.342. The number of aliphatic hydroxyl groups excluding tert-OH is 1. The summed E-state index contributed by atoms with van der Waals surface area (Å²) in [6.07, 6.45) is 1.01. The number of hydrogen-bond acceptors (Lipinski definition) is 2. The summed E-state index contributed by atoms with van der Waals surface area (Å²) in [5, 5.41) is 12.7. The Kier molecular flexibility index (Phi) is 5.01. The first-order valence-corrected chi connectivity index (χ1v) is 6.43. The lowest BCUT2D eigenvalue weighted by Gasteiger charge is -2.20. The molecule has 0 saturated carbocycles. The lowest BCUT2D eigenvalue weighted by atomic mass is 9.98. The summed E-state index contributed by atoms with van der Waals surface area (Å²) >= 11 is 0. The maximum Gasteiger partial charge on any atom is 0.0475 e. The van der Waals surface area contributed by atoms with Crippen molar-refractivity contribution in [1.29, 1.82) is 0 Å². The van der Waals surface area contributed by atoms with E-state index in [4.69, 9.17) is 0 Å². The van der Waals surface area contributed by atoms with Gasteiger partial charge in [-0.15, -0.1) is 0 Å². The average molecular weight is 235 g/mol. The molecule has 0 aliphatic heterocycles. The summed E-state index contributed by atoms with van der Waals surface area (Å²) in [6.45, 7) is 11.8. The molecule has 1 aromatic carbocycles. The van der Waals surface area contributed by atoms with E-state index in [1.165, 1.54) is 27.9 Å². The number of benzene rings is 1. The van der Waals surface area contributed by atoms with Crippen LogP contribution >= 0.6 is 0 Å². The van der Waals surface area contributed by atoms with Gasteiger partial charge < -0.3 is 10.4 Å². The molecule has 0 aliphatic rings. The van der Waals surface area contributed by atoms with Gasteiger partial charge in [-0.05, 0) is 62.3 Å². The van der Waals surface area contributed by atoms with Gasteiger partial charge in [-0.25, -0.2) is 0 Å². The van der Waals surface area contributed by atoms with Gasteiger partial charge in [-0.1, -0.05) is 13.0 Å². The van der Waals surface area contributed by atoms with Crippen molar-refractivity contribution < 1.29 is 5.11 Å². The van der Waals surface area contributed by atoms with Gasteiger partial charge >= 0.3 is 0 Å². The summed E-state index contributed by atoms with van der Waals surface area (Å²) in [7, 11) is 0. The highest BCUT2D eigenvalue weighted by Crippen LogP contribution is 2.26. The summed E-state index contributed by atoms with van der Waals surface area (Å²) in [5.41, 5.74) is 6.54. The lowest BCUT2D eigenvalue weighted by molar-refractivity contribution is 0.230. The Morgan fingerprint density at radius 3 is 2.06 bits per heavy atom. The quantitative estimate of drug-likeness (QED) is 0.820. The molecule has 17 heavy (non-hydrogen) atoms. The van der Waals surface area contributed by atoms with Crippen LogP contribution in [-0.2, 0) is 0 Å². The summed E-state index contributed by atoms with van der Waals surface area (Å²) in [4.78, 5) is 0. The average Bonchev–Trinajstić information content (AvgIpc) is 2.31. The highest BCUT2D eigenvalue weighted by Gasteiger charge is 2.10. The second kappa shape index (κ2) is 6.06. The van der Waals surface area contributed by atoms with Gasteiger partial charge in [-0.3, -0.25) is 0 Å². The first-order valence-electron chi connectivity index (χ1n) is 6.43. The van der Waals surface area contributed by atoms with Crippen LogP contribution in [0.3, 0.4) is 0 Å². The number of aliphatic hydroxyl groups is 1. The van der Waals surface area contributed by atoms with E-state index in [1.807, 2.05) is 0 Å². The van der Waals surface area contributed by atoms with Crippen molar-refractivity contribution in [3.8, 4) is 0 Å². The molecule has 0 radical (unpaired) electrons. The maximum atomic E-state index is 9.21. The standard InChI is InChI=1S/C15H25NO/c1-6-14(9-17)8-16-15-12(4)10(2)7-11(3)13(15)5/h7,14,16-17H,6,8-9H2,1-5H3. The fourth-order valence-electron chi connectivity index (χ4n) is 2.07. The monoisotopic (exact) mass is 235 g/mol. The second-order valence-corrected chi connectivity index (χ2v) is 4.97. The van der Waals surface area contributed by atoms with E-state index >= 15 is 0 Å². The molecule has 1 aromatic rings. The van der Waals surface area contributed by atoms with E-state index in [9.17, 15) is 5.11 Å². The van der Waals surface area contributed by atoms with Crippen LogP contribution < -0.4 is 5.32 Å². The Morgan fingerprint density at radius 2 is 1.65 bits per heavy atom. The third-order valence-corrected chi connectivity index (χ3v) is 3.77. The molecular weight excluding hydrogens is 210 g/mol. The Hall–Kier alpha value is -1.02. The Morgan fingerprint density at radius 1 is 1.12 bits per heavy atom. The molecule has 0 fully saturated rings. The van der Waals surface area contributed by atoms with Crippen molar-refractivity contribution in [3.05, 3.63) is 28.3 Å². The van der Waals surface area contributed by atoms with Crippen LogP contribution in [0.5, 0.6) is 0 Å². The minimum absolute atomic E-state index is 0.256. The van der Waals surface area contributed by atoms with Crippen molar-refractivity contribution in [2.75, 3.05) is 18.5 Å². The van der Waals surface area contributed by atoms with Crippen LogP contribution in [-0.4, -0.2) is 18.3 Å². The topological polar surface area (TPSA) is 32.3 Å². The second-order valence-electron chi connectivity index (χ2n) is 4.97. The van der Waals surface area contributed by atoms with E-state index in [0.29, 0.717) is 5.92 Å². The molecule has 2 N–H and O–H groups in total. The minimum Gasteiger partial charge on any atom is -0.396 e. The first-order chi connectivity index (χ1) is 8.01. The zero-order valence-corrected chi connectivity index (χ0v) is 11.7. The van der Waals surface area contributed by atoms with Crippen molar-refractivity contribution in [3.63, 3.8) is 0 Å². The third kappa shape index (κ3) is 3.22. The first kappa shape index (κ1) is 14.0. The van der Waals surface area contributed by atoms with Gasteiger partial charge in [-0.2, -0.15) is 0 Å². The van der Waals surface area contributed by atoms with Crippen molar-refractivity contribution in [2.24, 2.45) is 5.92 Å². The minimum atomic E-state index is 0.256. The summed E-state index contributed by atoms with van der Waals surface area (Å²) in [6, 6.07) is 2.24. The van der Waals surface area contributed by atoms with Gasteiger partial charge in [0.2, 0.25) is 0 Å². The number of hydrogen-bond donors (Lipinski definition) is 2. The lowest BCUT2D eigenvalue weighted by Crippen LogP contribution is -2.18. The zero-order chi connectivity index (χ0) is 13.0. The molecule has 0 aromatic heterocycles. The van der Waals surface area contributed by atoms with Crippen molar-refractivity contribution in [1.82, 2.24) is 0 Å². The van der Waals surface area contributed by atoms with E-state index in [-0.39, 0.29) is 6.61 Å². The highest BCUT2D eigenvalue weighted by atomic mass is 16.3. The van der Waals surface area contributed by atoms with E-state index in [2.05, 4.69) is 46.0 Å². The van der Waals surface area contributed by atoms with E-state index < -0.39 is 0 Å². The van der Waals surface area contributed by atoms with Gasteiger partial charge in [0.05, 0.1) is 0 Å². The predicted molar refractivity (Wildman–Crippen MR) is 74.7 cm³/mol. The highest BCUT2D eigenvalue weighted by molar-refractivity contribution is 5.62. The Labute approximate surface area is 105 Å². The number of aryl methyl sites for hydroxylation is 2. The fourth-order valence-corrected chi connectivity index (χ4v) is 2.07. The Balaban J connectivity index is 2.90. The molecule has 0 aliphatic carbocycles. The fraction of sp³-hybridized carbons (Fsp3) is 0.600. The molecule has 0 spiro atoms. The third-order valence-electron chi connectivity index (χ3n) is 3.77. The van der Waals surface area contributed by atoms with Crippen LogP contribution in [0, 0.1) is 33.6 Å². The molecule has 96 valence electrons. The molecule has 1 rings (SSSR count).